The molecule has 1 amide bonds. The van der Waals surface area contributed by atoms with Gasteiger partial charge in [-0.1, -0.05) is 44.2 Å². The molecule has 0 radical (unpaired) electrons. The topological polar surface area (TPSA) is 44.8 Å². The van der Waals surface area contributed by atoms with Crippen molar-refractivity contribution in [3.05, 3.63) is 35.9 Å². The molecule has 0 aliphatic carbocycles. The van der Waals surface area contributed by atoms with E-state index in [0.29, 0.717) is 18.9 Å². The van der Waals surface area contributed by atoms with Crippen LogP contribution in [0.25, 0.3) is 0 Å². The molecule has 0 bridgehead atoms. The summed E-state index contributed by atoms with van der Waals surface area (Å²) < 4.78 is 5.45. The Kier molecular flexibility index (Phi) is 9.67. The van der Waals surface area contributed by atoms with Crippen LogP contribution >= 0.6 is 0 Å². The van der Waals surface area contributed by atoms with Gasteiger partial charge in [0.05, 0.1) is 6.61 Å². The Hall–Kier alpha value is -1.43. The normalized spacial score (nSPS) is 16.1. The van der Waals surface area contributed by atoms with Gasteiger partial charge in [-0.3, -0.25) is 9.69 Å². The molecule has 0 spiro atoms. The molecule has 0 unspecified atom stereocenters. The molecule has 1 aliphatic heterocycles. The van der Waals surface area contributed by atoms with Crippen LogP contribution in [0.4, 0.5) is 0 Å². The summed E-state index contributed by atoms with van der Waals surface area (Å²) >= 11 is 0. The predicted octanol–water partition coefficient (Wildman–Crippen LogP) is 2.37. The molecule has 1 aromatic carbocycles. The molecule has 0 atom stereocenters. The molecule has 2 rings (SSSR count). The van der Waals surface area contributed by atoms with Gasteiger partial charge < -0.3 is 15.0 Å². The Morgan fingerprint density at radius 2 is 1.81 bits per heavy atom. The minimum absolute atomic E-state index is 0.0986. The van der Waals surface area contributed by atoms with Gasteiger partial charge in [0.25, 0.3) is 0 Å². The van der Waals surface area contributed by atoms with E-state index in [1.54, 1.807) is 0 Å². The number of rotatable bonds is 11. The van der Waals surface area contributed by atoms with E-state index in [9.17, 15) is 4.79 Å². The van der Waals surface area contributed by atoms with E-state index in [1.165, 1.54) is 5.56 Å². The van der Waals surface area contributed by atoms with Crippen LogP contribution in [0.5, 0.6) is 0 Å². The van der Waals surface area contributed by atoms with Crippen molar-refractivity contribution in [1.29, 1.82) is 0 Å². The van der Waals surface area contributed by atoms with E-state index in [1.807, 2.05) is 0 Å². The number of benzene rings is 1. The van der Waals surface area contributed by atoms with Crippen molar-refractivity contribution in [2.45, 2.75) is 33.2 Å². The largest absolute Gasteiger partial charge is 0.381 e. The van der Waals surface area contributed by atoms with Gasteiger partial charge in [0.2, 0.25) is 5.91 Å². The molecule has 5 heteroatoms. The fraction of sp³-hybridized carbons (Fsp3) is 0.667. The van der Waals surface area contributed by atoms with Crippen LogP contribution in [-0.4, -0.2) is 68.2 Å². The first-order chi connectivity index (χ1) is 12.6. The van der Waals surface area contributed by atoms with Gasteiger partial charge in [0.1, 0.15) is 0 Å². The van der Waals surface area contributed by atoms with Gasteiger partial charge in [-0.2, -0.15) is 0 Å². The van der Waals surface area contributed by atoms with Crippen LogP contribution in [0.1, 0.15) is 32.3 Å². The maximum absolute atomic E-state index is 11.7. The molecule has 146 valence electrons. The zero-order valence-corrected chi connectivity index (χ0v) is 16.5. The summed E-state index contributed by atoms with van der Waals surface area (Å²) in [5, 5.41) is 3.00. The number of hydrogen-bond donors (Lipinski definition) is 1. The first-order valence-corrected chi connectivity index (χ1v) is 9.96. The van der Waals surface area contributed by atoms with E-state index in [0.717, 1.165) is 58.8 Å². The first kappa shape index (κ1) is 20.9. The molecule has 1 aromatic rings. The summed E-state index contributed by atoms with van der Waals surface area (Å²) in [5.41, 5.74) is 1.39. The molecule has 1 N–H and O–H groups in total. The van der Waals surface area contributed by atoms with Crippen molar-refractivity contribution < 1.29 is 9.53 Å². The fourth-order valence-electron chi connectivity index (χ4n) is 3.12. The third-order valence-corrected chi connectivity index (χ3v) is 4.61. The van der Waals surface area contributed by atoms with E-state index in [2.05, 4.69) is 59.3 Å². The Balaban J connectivity index is 1.48. The predicted molar refractivity (Wildman–Crippen MR) is 106 cm³/mol. The monoisotopic (exact) mass is 361 g/mol. The summed E-state index contributed by atoms with van der Waals surface area (Å²) in [6, 6.07) is 10.7. The second-order valence-corrected chi connectivity index (χ2v) is 7.53. The summed E-state index contributed by atoms with van der Waals surface area (Å²) in [6.45, 7) is 12.8. The third-order valence-electron chi connectivity index (χ3n) is 4.61. The van der Waals surface area contributed by atoms with Crippen molar-refractivity contribution in [3.63, 3.8) is 0 Å². The van der Waals surface area contributed by atoms with Gasteiger partial charge >= 0.3 is 0 Å². The van der Waals surface area contributed by atoms with Crippen molar-refractivity contribution in [3.8, 4) is 0 Å². The van der Waals surface area contributed by atoms with Crippen molar-refractivity contribution >= 4 is 5.91 Å². The fourth-order valence-corrected chi connectivity index (χ4v) is 3.12. The van der Waals surface area contributed by atoms with Crippen LogP contribution in [0.2, 0.25) is 0 Å². The summed E-state index contributed by atoms with van der Waals surface area (Å²) in [7, 11) is 0. The lowest BCUT2D eigenvalue weighted by Gasteiger charge is -2.34. The van der Waals surface area contributed by atoms with Gasteiger partial charge in [-0.25, -0.2) is 0 Å². The highest BCUT2D eigenvalue weighted by molar-refractivity contribution is 5.75. The Morgan fingerprint density at radius 1 is 1.12 bits per heavy atom. The lowest BCUT2D eigenvalue weighted by Crippen LogP contribution is -2.46. The number of piperazine rings is 1. The molecule has 1 aliphatic rings. The molecular formula is C21H35N3O2. The van der Waals surface area contributed by atoms with Crippen molar-refractivity contribution in [2.24, 2.45) is 5.92 Å². The smallest absolute Gasteiger partial charge is 0.222 e. The maximum atomic E-state index is 11.7. The maximum Gasteiger partial charge on any atom is 0.222 e. The van der Waals surface area contributed by atoms with Gasteiger partial charge in [-0.15, -0.1) is 0 Å². The number of nitrogens with one attached hydrogen (secondary N) is 1. The number of nitrogens with zero attached hydrogens (tertiary/aromatic N) is 2. The second kappa shape index (κ2) is 12.0. The molecule has 1 heterocycles. The third kappa shape index (κ3) is 8.79. The van der Waals surface area contributed by atoms with Crippen LogP contribution < -0.4 is 5.32 Å². The molecule has 1 saturated heterocycles. The minimum atomic E-state index is 0.0986. The average molecular weight is 362 g/mol. The van der Waals surface area contributed by atoms with Gasteiger partial charge in [0, 0.05) is 52.3 Å². The average Bonchev–Trinajstić information content (AvgIpc) is 2.64. The number of carbonyl (C=O) groups excluding carboxylic acids is 1. The highest BCUT2D eigenvalue weighted by Crippen LogP contribution is 2.08. The van der Waals surface area contributed by atoms with Gasteiger partial charge in [-0.05, 0) is 24.4 Å². The first-order valence-electron chi connectivity index (χ1n) is 9.96. The quantitative estimate of drug-likeness (QED) is 0.615. The lowest BCUT2D eigenvalue weighted by molar-refractivity contribution is -0.122. The number of carbonyl (C=O) groups is 1. The second-order valence-electron chi connectivity index (χ2n) is 7.53. The lowest BCUT2D eigenvalue weighted by atomic mass is 10.2. The van der Waals surface area contributed by atoms with Gasteiger partial charge in [0.15, 0.2) is 0 Å². The standard InChI is InChI=1S/C21H35N3O2/c1-19(2)18-26-16-9-21(25)22-10-6-11-23-12-14-24(15-13-23)17-20-7-4-3-5-8-20/h3-5,7-8,19H,6,9-18H2,1-2H3,(H,22,25). The van der Waals surface area contributed by atoms with Crippen molar-refractivity contribution in [2.75, 3.05) is 52.5 Å². The molecule has 0 aromatic heterocycles. The molecule has 0 saturated carbocycles. The highest BCUT2D eigenvalue weighted by atomic mass is 16.5. The van der Waals surface area contributed by atoms with Crippen LogP contribution in [0.15, 0.2) is 30.3 Å². The molecule has 1 fully saturated rings. The zero-order chi connectivity index (χ0) is 18.6. The van der Waals surface area contributed by atoms with Crippen LogP contribution in [-0.2, 0) is 16.1 Å². The number of amides is 1. The van der Waals surface area contributed by atoms with Crippen molar-refractivity contribution in [1.82, 2.24) is 15.1 Å². The van der Waals surface area contributed by atoms with E-state index in [4.69, 9.17) is 4.74 Å². The van der Waals surface area contributed by atoms with E-state index >= 15 is 0 Å². The van der Waals surface area contributed by atoms with Crippen LogP contribution in [0.3, 0.4) is 0 Å². The highest BCUT2D eigenvalue weighted by Gasteiger charge is 2.16. The SMILES string of the molecule is CC(C)COCCC(=O)NCCCN1CCN(Cc2ccccc2)CC1. The van der Waals surface area contributed by atoms with E-state index < -0.39 is 0 Å². The summed E-state index contributed by atoms with van der Waals surface area (Å²) in [5.74, 6) is 0.618. The Morgan fingerprint density at radius 3 is 2.50 bits per heavy atom. The Bertz CT molecular complexity index is 499. The minimum Gasteiger partial charge on any atom is -0.381 e. The number of hydrogen-bond acceptors (Lipinski definition) is 4. The molecule has 26 heavy (non-hydrogen) atoms. The summed E-state index contributed by atoms with van der Waals surface area (Å²) in [6.07, 6.45) is 1.47. The van der Waals surface area contributed by atoms with Crippen LogP contribution in [0, 0.1) is 5.92 Å². The molecular weight excluding hydrogens is 326 g/mol. The zero-order valence-electron chi connectivity index (χ0n) is 16.5. The van der Waals surface area contributed by atoms with E-state index in [-0.39, 0.29) is 5.91 Å². The summed E-state index contributed by atoms with van der Waals surface area (Å²) in [4.78, 5) is 16.8. The number of ether oxygens (including phenoxy) is 1. The molecule has 5 nitrogen and oxygen atoms in total. The Labute approximate surface area is 158 Å².